The summed E-state index contributed by atoms with van der Waals surface area (Å²) in [6, 6.07) is 8.07. The number of amides is 1. The van der Waals surface area contributed by atoms with Gasteiger partial charge in [-0.05, 0) is 29.5 Å². The monoisotopic (exact) mass is 382 g/mol. The van der Waals surface area contributed by atoms with Crippen LogP contribution >= 0.6 is 0 Å². The van der Waals surface area contributed by atoms with Gasteiger partial charge in [0.05, 0.1) is 12.9 Å². The molecule has 0 aromatic heterocycles. The summed E-state index contributed by atoms with van der Waals surface area (Å²) in [6.45, 7) is 8.67. The van der Waals surface area contributed by atoms with E-state index in [-0.39, 0.29) is 11.3 Å². The molecule has 0 atom stereocenters. The molecule has 1 aromatic carbocycles. The van der Waals surface area contributed by atoms with Crippen LogP contribution in [0.2, 0.25) is 0 Å². The van der Waals surface area contributed by atoms with Gasteiger partial charge in [-0.1, -0.05) is 32.9 Å². The first-order valence-corrected chi connectivity index (χ1v) is 10.9. The molecule has 6 nitrogen and oxygen atoms in total. The van der Waals surface area contributed by atoms with Crippen molar-refractivity contribution in [2.45, 2.75) is 39.0 Å². The molecule has 1 aromatic rings. The number of piperazine rings is 1. The van der Waals surface area contributed by atoms with Crippen LogP contribution in [0.15, 0.2) is 24.3 Å². The lowest BCUT2D eigenvalue weighted by Gasteiger charge is -2.33. The van der Waals surface area contributed by atoms with Crippen LogP contribution in [0, 0.1) is 0 Å². The van der Waals surface area contributed by atoms with Crippen molar-refractivity contribution in [1.82, 2.24) is 9.21 Å². The Labute approximate surface area is 157 Å². The maximum atomic E-state index is 12.2. The Morgan fingerprint density at radius 1 is 1.08 bits per heavy atom. The lowest BCUT2D eigenvalue weighted by molar-refractivity contribution is -0.132. The molecular formula is C19H30N2O4S. The molecule has 26 heavy (non-hydrogen) atoms. The molecule has 0 unspecified atom stereocenters. The van der Waals surface area contributed by atoms with Crippen molar-refractivity contribution in [2.75, 3.05) is 39.0 Å². The predicted molar refractivity (Wildman–Crippen MR) is 103 cm³/mol. The Morgan fingerprint density at radius 2 is 1.65 bits per heavy atom. The molecule has 0 radical (unpaired) electrons. The Kier molecular flexibility index (Phi) is 6.69. The van der Waals surface area contributed by atoms with Crippen LogP contribution in [0.25, 0.3) is 0 Å². The van der Waals surface area contributed by atoms with Gasteiger partial charge in [0.2, 0.25) is 15.9 Å². The number of ether oxygens (including phenoxy) is 1. The van der Waals surface area contributed by atoms with Gasteiger partial charge in [0.25, 0.3) is 0 Å². The molecule has 1 fully saturated rings. The molecule has 2 rings (SSSR count). The van der Waals surface area contributed by atoms with Crippen molar-refractivity contribution < 1.29 is 17.9 Å². The van der Waals surface area contributed by atoms with E-state index in [4.69, 9.17) is 4.74 Å². The van der Waals surface area contributed by atoms with Gasteiger partial charge < -0.3 is 9.64 Å². The van der Waals surface area contributed by atoms with Crippen LogP contribution in [0.5, 0.6) is 5.75 Å². The molecule has 0 bridgehead atoms. The van der Waals surface area contributed by atoms with Gasteiger partial charge in [-0.3, -0.25) is 4.79 Å². The highest BCUT2D eigenvalue weighted by atomic mass is 32.2. The van der Waals surface area contributed by atoms with E-state index in [0.717, 1.165) is 5.75 Å². The summed E-state index contributed by atoms with van der Waals surface area (Å²) in [7, 11) is -3.16. The first-order chi connectivity index (χ1) is 12.1. The third-order valence-corrected chi connectivity index (χ3v) is 5.89. The highest BCUT2D eigenvalue weighted by Crippen LogP contribution is 2.24. The van der Waals surface area contributed by atoms with Gasteiger partial charge in [0.15, 0.2) is 0 Å². The van der Waals surface area contributed by atoms with Gasteiger partial charge in [0, 0.05) is 32.6 Å². The van der Waals surface area contributed by atoms with Crippen LogP contribution in [0.4, 0.5) is 0 Å². The zero-order valence-electron chi connectivity index (χ0n) is 16.2. The highest BCUT2D eigenvalue weighted by Gasteiger charge is 2.25. The molecule has 1 heterocycles. The SMILES string of the molecule is CC(C)(C)c1ccc(OCCCC(=O)N2CCN(S(C)(=O)=O)CC2)cc1. The van der Waals surface area contributed by atoms with Crippen LogP contribution in [0.3, 0.4) is 0 Å². The minimum absolute atomic E-state index is 0.0600. The molecule has 1 aliphatic heterocycles. The second kappa shape index (κ2) is 8.39. The molecule has 1 saturated heterocycles. The largest absolute Gasteiger partial charge is 0.494 e. The number of sulfonamides is 1. The zero-order valence-corrected chi connectivity index (χ0v) is 17.0. The van der Waals surface area contributed by atoms with Crippen LogP contribution in [0.1, 0.15) is 39.2 Å². The lowest BCUT2D eigenvalue weighted by Crippen LogP contribution is -2.50. The van der Waals surface area contributed by atoms with Crippen LogP contribution in [-0.4, -0.2) is 62.6 Å². The van der Waals surface area contributed by atoms with Crippen molar-refractivity contribution in [3.05, 3.63) is 29.8 Å². The van der Waals surface area contributed by atoms with E-state index >= 15 is 0 Å². The molecular weight excluding hydrogens is 352 g/mol. The Bertz CT molecular complexity index is 700. The van der Waals surface area contributed by atoms with Crippen molar-refractivity contribution in [3.8, 4) is 5.75 Å². The summed E-state index contributed by atoms with van der Waals surface area (Å²) >= 11 is 0. The van der Waals surface area contributed by atoms with Gasteiger partial charge in [-0.25, -0.2) is 8.42 Å². The second-order valence-electron chi connectivity index (χ2n) is 7.77. The van der Waals surface area contributed by atoms with E-state index in [9.17, 15) is 13.2 Å². The second-order valence-corrected chi connectivity index (χ2v) is 9.75. The summed E-state index contributed by atoms with van der Waals surface area (Å²) in [5.74, 6) is 0.872. The first kappa shape index (κ1) is 20.7. The molecule has 146 valence electrons. The third kappa shape index (κ3) is 5.99. The average Bonchev–Trinajstić information content (AvgIpc) is 2.57. The van der Waals surface area contributed by atoms with E-state index in [1.54, 1.807) is 4.90 Å². The number of hydrogen-bond donors (Lipinski definition) is 0. The summed E-state index contributed by atoms with van der Waals surface area (Å²) in [5, 5.41) is 0. The van der Waals surface area contributed by atoms with E-state index in [2.05, 4.69) is 32.9 Å². The van der Waals surface area contributed by atoms with Crippen molar-refractivity contribution in [1.29, 1.82) is 0 Å². The fourth-order valence-corrected chi connectivity index (χ4v) is 3.72. The first-order valence-electron chi connectivity index (χ1n) is 9.03. The van der Waals surface area contributed by atoms with E-state index in [0.29, 0.717) is 45.6 Å². The van der Waals surface area contributed by atoms with Crippen LogP contribution in [-0.2, 0) is 20.2 Å². The van der Waals surface area contributed by atoms with Gasteiger partial charge in [0.1, 0.15) is 5.75 Å². The molecule has 7 heteroatoms. The third-order valence-electron chi connectivity index (χ3n) is 4.58. The predicted octanol–water partition coefficient (Wildman–Crippen LogP) is 2.25. The summed E-state index contributed by atoms with van der Waals surface area (Å²) in [5.41, 5.74) is 1.37. The minimum Gasteiger partial charge on any atom is -0.494 e. The molecule has 0 N–H and O–H groups in total. The number of nitrogens with zero attached hydrogens (tertiary/aromatic N) is 2. The topological polar surface area (TPSA) is 66.9 Å². The molecule has 1 aliphatic rings. The fraction of sp³-hybridized carbons (Fsp3) is 0.632. The van der Waals surface area contributed by atoms with Gasteiger partial charge in [-0.2, -0.15) is 4.31 Å². The van der Waals surface area contributed by atoms with E-state index in [1.807, 2.05) is 12.1 Å². The number of carbonyl (C=O) groups is 1. The fourth-order valence-electron chi connectivity index (χ4n) is 2.89. The molecule has 1 amide bonds. The van der Waals surface area contributed by atoms with E-state index < -0.39 is 10.0 Å². The number of rotatable bonds is 6. The molecule has 0 saturated carbocycles. The van der Waals surface area contributed by atoms with Crippen molar-refractivity contribution in [2.24, 2.45) is 0 Å². The van der Waals surface area contributed by atoms with Crippen molar-refractivity contribution >= 4 is 15.9 Å². The summed E-state index contributed by atoms with van der Waals surface area (Å²) < 4.78 is 30.1. The number of hydrogen-bond acceptors (Lipinski definition) is 4. The van der Waals surface area contributed by atoms with Gasteiger partial charge >= 0.3 is 0 Å². The Balaban J connectivity index is 1.69. The Morgan fingerprint density at radius 3 is 2.15 bits per heavy atom. The zero-order chi connectivity index (χ0) is 19.4. The lowest BCUT2D eigenvalue weighted by atomic mass is 9.87. The Hall–Kier alpha value is -1.60. The maximum Gasteiger partial charge on any atom is 0.222 e. The maximum absolute atomic E-state index is 12.2. The quantitative estimate of drug-likeness (QED) is 0.708. The average molecular weight is 383 g/mol. The van der Waals surface area contributed by atoms with Gasteiger partial charge in [-0.15, -0.1) is 0 Å². The number of benzene rings is 1. The summed E-state index contributed by atoms with van der Waals surface area (Å²) in [6.07, 6.45) is 2.26. The molecule has 0 aliphatic carbocycles. The minimum atomic E-state index is -3.16. The standard InChI is InChI=1S/C19H30N2O4S/c1-19(2,3)16-7-9-17(10-8-16)25-15-5-6-18(22)20-11-13-21(14-12-20)26(4,23)24/h7-10H,5-6,11-15H2,1-4H3. The number of carbonyl (C=O) groups excluding carboxylic acids is 1. The van der Waals surface area contributed by atoms with E-state index in [1.165, 1.54) is 16.1 Å². The molecule has 0 spiro atoms. The normalized spacial score (nSPS) is 16.5. The van der Waals surface area contributed by atoms with Crippen LogP contribution < -0.4 is 4.74 Å². The summed E-state index contributed by atoms with van der Waals surface area (Å²) in [4.78, 5) is 14.0. The highest BCUT2D eigenvalue weighted by molar-refractivity contribution is 7.88. The smallest absolute Gasteiger partial charge is 0.222 e. The van der Waals surface area contributed by atoms with Crippen molar-refractivity contribution in [3.63, 3.8) is 0 Å².